The molecular weight excluding hydrogens is 238 g/mol. The Morgan fingerprint density at radius 2 is 2.18 bits per heavy atom. The standard InChI is InChI=1S/C13H16ClNO2/c1-15(13(16)12-3-2-8-17-12)9-10-4-6-11(14)7-5-10/h4-7,12H,2-3,8-9H2,1H3. The van der Waals surface area contributed by atoms with E-state index in [9.17, 15) is 4.79 Å². The van der Waals surface area contributed by atoms with E-state index in [0.29, 0.717) is 18.2 Å². The number of likely N-dealkylation sites (N-methyl/N-ethyl adjacent to an activating group) is 1. The molecule has 1 unspecified atom stereocenters. The summed E-state index contributed by atoms with van der Waals surface area (Å²) in [6.07, 6.45) is 1.57. The SMILES string of the molecule is CN(Cc1ccc(Cl)cc1)C(=O)C1CCCO1. The largest absolute Gasteiger partial charge is 0.368 e. The van der Waals surface area contributed by atoms with Gasteiger partial charge < -0.3 is 9.64 Å². The minimum absolute atomic E-state index is 0.0671. The van der Waals surface area contributed by atoms with Crippen molar-refractivity contribution < 1.29 is 9.53 Å². The molecule has 3 nitrogen and oxygen atoms in total. The molecule has 0 N–H and O–H groups in total. The van der Waals surface area contributed by atoms with Crippen LogP contribution < -0.4 is 0 Å². The second-order valence-corrected chi connectivity index (χ2v) is 4.76. The first kappa shape index (κ1) is 12.4. The predicted octanol–water partition coefficient (Wildman–Crippen LogP) is 2.48. The summed E-state index contributed by atoms with van der Waals surface area (Å²) in [4.78, 5) is 13.7. The van der Waals surface area contributed by atoms with Gasteiger partial charge in [0, 0.05) is 25.2 Å². The average molecular weight is 254 g/mol. The molecule has 0 saturated carbocycles. The molecule has 1 heterocycles. The van der Waals surface area contributed by atoms with Crippen LogP contribution in [0, 0.1) is 0 Å². The predicted molar refractivity (Wildman–Crippen MR) is 66.9 cm³/mol. The lowest BCUT2D eigenvalue weighted by Crippen LogP contribution is -2.35. The fourth-order valence-corrected chi connectivity index (χ4v) is 2.09. The summed E-state index contributed by atoms with van der Waals surface area (Å²) in [6.45, 7) is 1.29. The lowest BCUT2D eigenvalue weighted by atomic mass is 10.2. The molecule has 4 heteroatoms. The van der Waals surface area contributed by atoms with Gasteiger partial charge in [-0.25, -0.2) is 0 Å². The monoisotopic (exact) mass is 253 g/mol. The molecule has 1 aromatic rings. The second-order valence-electron chi connectivity index (χ2n) is 4.32. The van der Waals surface area contributed by atoms with Crippen LogP contribution in [0.3, 0.4) is 0 Å². The molecule has 1 fully saturated rings. The van der Waals surface area contributed by atoms with Gasteiger partial charge in [0.25, 0.3) is 5.91 Å². The van der Waals surface area contributed by atoms with E-state index in [2.05, 4.69) is 0 Å². The van der Waals surface area contributed by atoms with E-state index in [1.54, 1.807) is 11.9 Å². The number of hydrogen-bond donors (Lipinski definition) is 0. The summed E-state index contributed by atoms with van der Waals surface area (Å²) in [7, 11) is 1.80. The van der Waals surface area contributed by atoms with E-state index >= 15 is 0 Å². The highest BCUT2D eigenvalue weighted by atomic mass is 35.5. The van der Waals surface area contributed by atoms with Gasteiger partial charge in [0.15, 0.2) is 0 Å². The van der Waals surface area contributed by atoms with Crippen molar-refractivity contribution in [1.82, 2.24) is 4.90 Å². The van der Waals surface area contributed by atoms with Crippen molar-refractivity contribution in [2.24, 2.45) is 0 Å². The maximum absolute atomic E-state index is 12.0. The third kappa shape index (κ3) is 3.20. The lowest BCUT2D eigenvalue weighted by molar-refractivity contribution is -0.140. The number of nitrogens with zero attached hydrogens (tertiary/aromatic N) is 1. The van der Waals surface area contributed by atoms with Crippen LogP contribution in [0.4, 0.5) is 0 Å². The molecule has 0 aromatic heterocycles. The van der Waals surface area contributed by atoms with Crippen molar-refractivity contribution in [3.63, 3.8) is 0 Å². The summed E-state index contributed by atoms with van der Waals surface area (Å²) < 4.78 is 5.38. The number of ether oxygens (including phenoxy) is 1. The van der Waals surface area contributed by atoms with Crippen LogP contribution in [-0.4, -0.2) is 30.6 Å². The maximum Gasteiger partial charge on any atom is 0.251 e. The molecule has 0 radical (unpaired) electrons. The van der Waals surface area contributed by atoms with Crippen molar-refractivity contribution in [3.8, 4) is 0 Å². The second kappa shape index (κ2) is 5.52. The Bertz CT molecular complexity index is 385. The summed E-state index contributed by atoms with van der Waals surface area (Å²) >= 11 is 5.81. The van der Waals surface area contributed by atoms with Crippen LogP contribution in [0.25, 0.3) is 0 Å². The molecule has 92 valence electrons. The smallest absolute Gasteiger partial charge is 0.251 e. The molecule has 0 bridgehead atoms. The molecule has 1 saturated heterocycles. The Morgan fingerprint density at radius 3 is 2.76 bits per heavy atom. The Kier molecular flexibility index (Phi) is 4.02. The zero-order valence-corrected chi connectivity index (χ0v) is 10.6. The Labute approximate surface area is 106 Å². The van der Waals surface area contributed by atoms with Crippen molar-refractivity contribution in [1.29, 1.82) is 0 Å². The molecule has 1 aromatic carbocycles. The summed E-state index contributed by atoms with van der Waals surface area (Å²) in [6, 6.07) is 7.53. The van der Waals surface area contributed by atoms with Crippen molar-refractivity contribution in [3.05, 3.63) is 34.9 Å². The summed E-state index contributed by atoms with van der Waals surface area (Å²) in [5, 5.41) is 0.710. The van der Waals surface area contributed by atoms with E-state index in [0.717, 1.165) is 18.4 Å². The number of benzene rings is 1. The molecule has 0 aliphatic carbocycles. The van der Waals surface area contributed by atoms with Crippen molar-refractivity contribution in [2.45, 2.75) is 25.5 Å². The maximum atomic E-state index is 12.0. The van der Waals surface area contributed by atoms with E-state index in [4.69, 9.17) is 16.3 Å². The molecule has 17 heavy (non-hydrogen) atoms. The fraction of sp³-hybridized carbons (Fsp3) is 0.462. The average Bonchev–Trinajstić information content (AvgIpc) is 2.84. The first-order valence-electron chi connectivity index (χ1n) is 5.78. The van der Waals surface area contributed by atoms with Crippen LogP contribution in [0.1, 0.15) is 18.4 Å². The van der Waals surface area contributed by atoms with E-state index in [1.807, 2.05) is 24.3 Å². The highest BCUT2D eigenvalue weighted by molar-refractivity contribution is 6.30. The van der Waals surface area contributed by atoms with Gasteiger partial charge in [-0.3, -0.25) is 4.79 Å². The van der Waals surface area contributed by atoms with E-state index in [1.165, 1.54) is 0 Å². The molecule has 2 rings (SSSR count). The van der Waals surface area contributed by atoms with E-state index in [-0.39, 0.29) is 12.0 Å². The number of halogens is 1. The highest BCUT2D eigenvalue weighted by Gasteiger charge is 2.26. The molecule has 0 spiro atoms. The van der Waals surface area contributed by atoms with Gasteiger partial charge in [-0.2, -0.15) is 0 Å². The highest BCUT2D eigenvalue weighted by Crippen LogP contribution is 2.16. The first-order chi connectivity index (χ1) is 8.16. The van der Waals surface area contributed by atoms with Crippen LogP contribution >= 0.6 is 11.6 Å². The van der Waals surface area contributed by atoms with Gasteiger partial charge in [-0.1, -0.05) is 23.7 Å². The van der Waals surface area contributed by atoms with Crippen LogP contribution in [0.2, 0.25) is 5.02 Å². The molecule has 1 amide bonds. The van der Waals surface area contributed by atoms with Gasteiger partial charge in [0.05, 0.1) is 0 Å². The summed E-state index contributed by atoms with van der Waals surface area (Å²) in [5.74, 6) is 0.0671. The Hall–Kier alpha value is -1.06. The van der Waals surface area contributed by atoms with E-state index < -0.39 is 0 Å². The zero-order valence-electron chi connectivity index (χ0n) is 9.86. The lowest BCUT2D eigenvalue weighted by Gasteiger charge is -2.20. The molecule has 1 aliphatic heterocycles. The number of carbonyl (C=O) groups is 1. The van der Waals surface area contributed by atoms with Gasteiger partial charge in [0.1, 0.15) is 6.10 Å². The molecular formula is C13H16ClNO2. The van der Waals surface area contributed by atoms with Crippen LogP contribution in [0.15, 0.2) is 24.3 Å². The minimum Gasteiger partial charge on any atom is -0.368 e. The third-order valence-electron chi connectivity index (χ3n) is 2.91. The molecule has 1 atom stereocenters. The van der Waals surface area contributed by atoms with Gasteiger partial charge in [-0.05, 0) is 30.5 Å². The van der Waals surface area contributed by atoms with Gasteiger partial charge in [-0.15, -0.1) is 0 Å². The van der Waals surface area contributed by atoms with Crippen molar-refractivity contribution >= 4 is 17.5 Å². The minimum atomic E-state index is -0.243. The normalized spacial score (nSPS) is 19.3. The topological polar surface area (TPSA) is 29.5 Å². The number of carbonyl (C=O) groups excluding carboxylic acids is 1. The number of amides is 1. The molecule has 1 aliphatic rings. The number of hydrogen-bond acceptors (Lipinski definition) is 2. The Balaban J connectivity index is 1.93. The quantitative estimate of drug-likeness (QED) is 0.828. The van der Waals surface area contributed by atoms with Gasteiger partial charge in [0.2, 0.25) is 0 Å². The van der Waals surface area contributed by atoms with Crippen LogP contribution in [-0.2, 0) is 16.1 Å². The third-order valence-corrected chi connectivity index (χ3v) is 3.17. The number of rotatable bonds is 3. The van der Waals surface area contributed by atoms with Gasteiger partial charge >= 0.3 is 0 Å². The fourth-order valence-electron chi connectivity index (χ4n) is 1.96. The Morgan fingerprint density at radius 1 is 1.47 bits per heavy atom. The zero-order chi connectivity index (χ0) is 12.3. The van der Waals surface area contributed by atoms with Crippen molar-refractivity contribution in [2.75, 3.05) is 13.7 Å². The summed E-state index contributed by atoms with van der Waals surface area (Å²) in [5.41, 5.74) is 1.07. The van der Waals surface area contributed by atoms with Crippen LogP contribution in [0.5, 0.6) is 0 Å². The first-order valence-corrected chi connectivity index (χ1v) is 6.15.